The van der Waals surface area contributed by atoms with Crippen molar-refractivity contribution in [3.8, 4) is 0 Å². The van der Waals surface area contributed by atoms with Crippen molar-refractivity contribution >= 4 is 27.3 Å². The smallest absolute Gasteiger partial charge is 0.232 e. The first-order valence-corrected chi connectivity index (χ1v) is 10.9. The van der Waals surface area contributed by atoms with Gasteiger partial charge in [0.2, 0.25) is 15.9 Å². The lowest BCUT2D eigenvalue weighted by molar-refractivity contribution is -0.116. The summed E-state index contributed by atoms with van der Waals surface area (Å²) in [6, 6.07) is 11.4. The van der Waals surface area contributed by atoms with E-state index in [0.29, 0.717) is 12.1 Å². The van der Waals surface area contributed by atoms with Gasteiger partial charge in [-0.2, -0.15) is 0 Å². The summed E-state index contributed by atoms with van der Waals surface area (Å²) in [6.07, 6.45) is 1.89. The Bertz CT molecular complexity index is 913. The van der Waals surface area contributed by atoms with Gasteiger partial charge in [-0.05, 0) is 56.9 Å². The quantitative estimate of drug-likeness (QED) is 0.776. The van der Waals surface area contributed by atoms with Gasteiger partial charge in [-0.25, -0.2) is 8.42 Å². The van der Waals surface area contributed by atoms with Crippen LogP contribution in [0.5, 0.6) is 0 Å². The third-order valence-electron chi connectivity index (χ3n) is 4.49. The minimum atomic E-state index is -3.41. The van der Waals surface area contributed by atoms with Crippen LogP contribution in [0.15, 0.2) is 36.4 Å². The molecule has 0 aliphatic carbocycles. The molecule has 0 saturated heterocycles. The third-order valence-corrected chi connectivity index (χ3v) is 5.67. The number of para-hydroxylation sites is 1. The number of hydrogen-bond donors (Lipinski definition) is 1. The Kier molecular flexibility index (Phi) is 6.65. The van der Waals surface area contributed by atoms with Crippen molar-refractivity contribution in [3.63, 3.8) is 0 Å². The van der Waals surface area contributed by atoms with Crippen LogP contribution < -0.4 is 9.62 Å². The van der Waals surface area contributed by atoms with E-state index in [1.54, 1.807) is 6.07 Å². The van der Waals surface area contributed by atoms with Gasteiger partial charge < -0.3 is 5.32 Å². The van der Waals surface area contributed by atoms with E-state index in [0.717, 1.165) is 27.9 Å². The van der Waals surface area contributed by atoms with E-state index in [2.05, 4.69) is 5.32 Å². The normalized spacial score (nSPS) is 11.3. The number of rotatable bonds is 7. The van der Waals surface area contributed by atoms with Crippen molar-refractivity contribution in [2.45, 2.75) is 40.5 Å². The largest absolute Gasteiger partial charge is 0.326 e. The average molecular weight is 389 g/mol. The van der Waals surface area contributed by atoms with Gasteiger partial charge >= 0.3 is 0 Å². The summed E-state index contributed by atoms with van der Waals surface area (Å²) in [5, 5.41) is 2.96. The number of hydrogen-bond acceptors (Lipinski definition) is 3. The summed E-state index contributed by atoms with van der Waals surface area (Å²) < 4.78 is 25.8. The van der Waals surface area contributed by atoms with E-state index in [1.807, 2.05) is 58.0 Å². The Balaban J connectivity index is 2.03. The van der Waals surface area contributed by atoms with E-state index in [-0.39, 0.29) is 18.9 Å². The molecular formula is C21H28N2O3S. The molecule has 1 amide bonds. The van der Waals surface area contributed by atoms with E-state index in [1.165, 1.54) is 10.6 Å². The molecule has 0 aliphatic rings. The highest BCUT2D eigenvalue weighted by Gasteiger charge is 2.19. The first kappa shape index (κ1) is 21.0. The van der Waals surface area contributed by atoms with Crippen LogP contribution in [0.2, 0.25) is 0 Å². The molecule has 0 bridgehead atoms. The Hall–Kier alpha value is -2.34. The summed E-state index contributed by atoms with van der Waals surface area (Å²) in [7, 11) is -3.41. The second-order valence-electron chi connectivity index (χ2n) is 7.05. The van der Waals surface area contributed by atoms with Crippen LogP contribution in [0.3, 0.4) is 0 Å². The predicted octanol–water partition coefficient (Wildman–Crippen LogP) is 4.11. The van der Waals surface area contributed by atoms with Gasteiger partial charge in [0, 0.05) is 18.7 Å². The fraction of sp³-hybridized carbons (Fsp3) is 0.381. The highest BCUT2D eigenvalue weighted by Crippen LogP contribution is 2.24. The lowest BCUT2D eigenvalue weighted by atomic mass is 10.0. The van der Waals surface area contributed by atoms with Gasteiger partial charge in [-0.3, -0.25) is 9.10 Å². The molecular weight excluding hydrogens is 360 g/mol. The SMILES string of the molecule is Cc1cc(C)c(NC(=O)CCCN(c2ccccc2C)S(C)(=O)=O)c(C)c1. The van der Waals surface area contributed by atoms with Crippen LogP contribution in [-0.4, -0.2) is 27.1 Å². The van der Waals surface area contributed by atoms with Crippen molar-refractivity contribution < 1.29 is 13.2 Å². The molecule has 0 radical (unpaired) electrons. The van der Waals surface area contributed by atoms with Gasteiger partial charge in [0.05, 0.1) is 11.9 Å². The van der Waals surface area contributed by atoms with Crippen molar-refractivity contribution in [1.29, 1.82) is 0 Å². The van der Waals surface area contributed by atoms with Crippen LogP contribution in [-0.2, 0) is 14.8 Å². The molecule has 6 heteroatoms. The Labute approximate surface area is 162 Å². The van der Waals surface area contributed by atoms with Crippen LogP contribution in [0, 0.1) is 27.7 Å². The van der Waals surface area contributed by atoms with Crippen molar-refractivity contribution in [2.75, 3.05) is 22.4 Å². The number of anilines is 2. The molecule has 1 N–H and O–H groups in total. The molecule has 146 valence electrons. The molecule has 0 unspecified atom stereocenters. The molecule has 0 saturated carbocycles. The van der Waals surface area contributed by atoms with E-state index >= 15 is 0 Å². The van der Waals surface area contributed by atoms with E-state index in [4.69, 9.17) is 0 Å². The number of carbonyl (C=O) groups excluding carboxylic acids is 1. The number of aryl methyl sites for hydroxylation is 4. The van der Waals surface area contributed by atoms with Crippen molar-refractivity contribution in [2.24, 2.45) is 0 Å². The van der Waals surface area contributed by atoms with Crippen molar-refractivity contribution in [3.05, 3.63) is 58.7 Å². The van der Waals surface area contributed by atoms with E-state index < -0.39 is 10.0 Å². The Morgan fingerprint density at radius 1 is 1.00 bits per heavy atom. The summed E-state index contributed by atoms with van der Waals surface area (Å²) in [5.74, 6) is -0.108. The van der Waals surface area contributed by atoms with Crippen LogP contribution in [0.4, 0.5) is 11.4 Å². The van der Waals surface area contributed by atoms with Crippen LogP contribution >= 0.6 is 0 Å². The fourth-order valence-electron chi connectivity index (χ4n) is 3.27. The minimum Gasteiger partial charge on any atom is -0.326 e. The predicted molar refractivity (Wildman–Crippen MR) is 112 cm³/mol. The summed E-state index contributed by atoms with van der Waals surface area (Å²) in [6.45, 7) is 8.11. The van der Waals surface area contributed by atoms with Gasteiger partial charge in [0.15, 0.2) is 0 Å². The third kappa shape index (κ3) is 5.57. The number of carbonyl (C=O) groups is 1. The molecule has 5 nitrogen and oxygen atoms in total. The molecule has 2 aromatic rings. The number of benzene rings is 2. The average Bonchev–Trinajstić information content (AvgIpc) is 2.55. The molecule has 2 aromatic carbocycles. The lowest BCUT2D eigenvalue weighted by Crippen LogP contribution is -2.32. The lowest BCUT2D eigenvalue weighted by Gasteiger charge is -2.24. The van der Waals surface area contributed by atoms with Gasteiger partial charge in [-0.15, -0.1) is 0 Å². The molecule has 2 rings (SSSR count). The standard InChI is InChI=1S/C21H28N2O3S/c1-15-13-17(3)21(18(4)14-15)22-20(24)11-8-12-23(27(5,25)26)19-10-7-6-9-16(19)2/h6-7,9-10,13-14H,8,11-12H2,1-5H3,(H,22,24). The molecule has 27 heavy (non-hydrogen) atoms. The molecule has 0 spiro atoms. The minimum absolute atomic E-state index is 0.108. The zero-order valence-corrected chi connectivity index (χ0v) is 17.5. The topological polar surface area (TPSA) is 66.5 Å². The van der Waals surface area contributed by atoms with Gasteiger partial charge in [-0.1, -0.05) is 35.9 Å². The second kappa shape index (κ2) is 8.57. The number of nitrogens with zero attached hydrogens (tertiary/aromatic N) is 1. The monoisotopic (exact) mass is 388 g/mol. The summed E-state index contributed by atoms with van der Waals surface area (Å²) in [4.78, 5) is 12.4. The molecule has 0 aliphatic heterocycles. The van der Waals surface area contributed by atoms with Gasteiger partial charge in [0.1, 0.15) is 0 Å². The summed E-state index contributed by atoms with van der Waals surface area (Å²) >= 11 is 0. The highest BCUT2D eigenvalue weighted by molar-refractivity contribution is 7.92. The Morgan fingerprint density at radius 3 is 2.15 bits per heavy atom. The van der Waals surface area contributed by atoms with E-state index in [9.17, 15) is 13.2 Å². The first-order chi connectivity index (χ1) is 12.6. The fourth-order valence-corrected chi connectivity index (χ4v) is 4.29. The second-order valence-corrected chi connectivity index (χ2v) is 8.95. The summed E-state index contributed by atoms with van der Waals surface area (Å²) in [5.41, 5.74) is 5.59. The maximum Gasteiger partial charge on any atom is 0.232 e. The first-order valence-electron chi connectivity index (χ1n) is 9.00. The Morgan fingerprint density at radius 2 is 1.59 bits per heavy atom. The maximum absolute atomic E-state index is 12.4. The van der Waals surface area contributed by atoms with Crippen LogP contribution in [0.25, 0.3) is 0 Å². The molecule has 0 heterocycles. The highest BCUT2D eigenvalue weighted by atomic mass is 32.2. The molecule has 0 aromatic heterocycles. The molecule has 0 atom stereocenters. The number of nitrogens with one attached hydrogen (secondary N) is 1. The number of sulfonamides is 1. The van der Waals surface area contributed by atoms with Crippen molar-refractivity contribution in [1.82, 2.24) is 0 Å². The van der Waals surface area contributed by atoms with Gasteiger partial charge in [0.25, 0.3) is 0 Å². The maximum atomic E-state index is 12.4. The molecule has 0 fully saturated rings. The zero-order chi connectivity index (χ0) is 20.2. The number of amides is 1. The zero-order valence-electron chi connectivity index (χ0n) is 16.7. The van der Waals surface area contributed by atoms with Crippen LogP contribution in [0.1, 0.15) is 35.1 Å².